The molecule has 1 N–H and O–H groups in total. The Labute approximate surface area is 199 Å². The maximum Gasteiger partial charge on any atom is 0.322 e. The van der Waals surface area contributed by atoms with E-state index in [0.29, 0.717) is 57.7 Å². The van der Waals surface area contributed by atoms with Gasteiger partial charge < -0.3 is 15.1 Å². The predicted octanol–water partition coefficient (Wildman–Crippen LogP) is 6.11. The number of urea groups is 1. The van der Waals surface area contributed by atoms with E-state index in [0.717, 1.165) is 11.4 Å². The summed E-state index contributed by atoms with van der Waals surface area (Å²) in [6.45, 7) is 2.36. The van der Waals surface area contributed by atoms with Crippen LogP contribution in [-0.2, 0) is 0 Å². The Hall–Kier alpha value is -2.25. The van der Waals surface area contributed by atoms with E-state index in [4.69, 9.17) is 46.4 Å². The molecular formula is C21H17Cl4N5O. The van der Waals surface area contributed by atoms with E-state index < -0.39 is 0 Å². The van der Waals surface area contributed by atoms with Crippen LogP contribution in [0.15, 0.2) is 48.5 Å². The summed E-state index contributed by atoms with van der Waals surface area (Å²) in [4.78, 5) is 16.4. The molecule has 1 fully saturated rings. The molecule has 0 saturated carbocycles. The summed E-state index contributed by atoms with van der Waals surface area (Å²) < 4.78 is 0. The Kier molecular flexibility index (Phi) is 6.72. The third-order valence-electron chi connectivity index (χ3n) is 4.92. The van der Waals surface area contributed by atoms with Gasteiger partial charge in [-0.2, -0.15) is 0 Å². The smallest absolute Gasteiger partial charge is 0.322 e. The van der Waals surface area contributed by atoms with Crippen LogP contribution >= 0.6 is 46.4 Å². The zero-order valence-electron chi connectivity index (χ0n) is 16.2. The van der Waals surface area contributed by atoms with Crippen molar-refractivity contribution in [1.29, 1.82) is 0 Å². The molecule has 0 unspecified atom stereocenters. The van der Waals surface area contributed by atoms with Crippen LogP contribution in [0, 0.1) is 0 Å². The molecule has 3 aromatic rings. The van der Waals surface area contributed by atoms with Crippen LogP contribution in [0.5, 0.6) is 0 Å². The summed E-state index contributed by atoms with van der Waals surface area (Å²) in [5.74, 6) is 0.745. The number of hydrogen-bond acceptors (Lipinski definition) is 4. The molecule has 0 atom stereocenters. The molecule has 1 aliphatic heterocycles. The Morgan fingerprint density at radius 2 is 1.48 bits per heavy atom. The van der Waals surface area contributed by atoms with Crippen molar-refractivity contribution in [3.05, 3.63) is 68.6 Å². The van der Waals surface area contributed by atoms with Crippen molar-refractivity contribution in [2.24, 2.45) is 0 Å². The number of benzene rings is 2. The van der Waals surface area contributed by atoms with Crippen LogP contribution in [0.25, 0.3) is 11.3 Å². The maximum absolute atomic E-state index is 12.6. The lowest BCUT2D eigenvalue weighted by molar-refractivity contribution is 0.208. The highest BCUT2D eigenvalue weighted by molar-refractivity contribution is 6.37. The fourth-order valence-electron chi connectivity index (χ4n) is 3.26. The Morgan fingerprint density at radius 3 is 2.10 bits per heavy atom. The normalized spacial score (nSPS) is 13.9. The molecular weight excluding hydrogens is 480 g/mol. The first-order valence-corrected chi connectivity index (χ1v) is 11.0. The SMILES string of the molecule is O=C(Nc1ccc(Cl)cc1Cl)N1CCN(c2ccc(-c3ccc(Cl)cc3Cl)nn2)CC1. The molecule has 0 bridgehead atoms. The van der Waals surface area contributed by atoms with Gasteiger partial charge in [0.05, 0.1) is 21.4 Å². The van der Waals surface area contributed by atoms with E-state index in [1.54, 1.807) is 35.2 Å². The highest BCUT2D eigenvalue weighted by atomic mass is 35.5. The van der Waals surface area contributed by atoms with Gasteiger partial charge in [0, 0.05) is 41.8 Å². The van der Waals surface area contributed by atoms with Crippen molar-refractivity contribution >= 4 is 63.9 Å². The number of piperazine rings is 1. The van der Waals surface area contributed by atoms with E-state index >= 15 is 0 Å². The highest BCUT2D eigenvalue weighted by Crippen LogP contribution is 2.29. The third-order valence-corrected chi connectivity index (χ3v) is 6.02. The summed E-state index contributed by atoms with van der Waals surface area (Å²) in [6, 6.07) is 13.8. The molecule has 160 valence electrons. The number of halogens is 4. The van der Waals surface area contributed by atoms with Crippen molar-refractivity contribution in [1.82, 2.24) is 15.1 Å². The van der Waals surface area contributed by atoms with Gasteiger partial charge in [-0.3, -0.25) is 0 Å². The standard InChI is InChI=1S/C21H17Cl4N5O/c22-13-1-3-15(16(24)11-13)18-5-6-20(28-27-18)29-7-9-30(10-8-29)21(31)26-19-4-2-14(23)12-17(19)25/h1-6,11-12H,7-10H2,(H,26,31). The van der Waals surface area contributed by atoms with E-state index in [1.165, 1.54) is 0 Å². The van der Waals surface area contributed by atoms with Crippen molar-refractivity contribution in [2.75, 3.05) is 36.4 Å². The van der Waals surface area contributed by atoms with Gasteiger partial charge in [0.15, 0.2) is 5.82 Å². The minimum atomic E-state index is -0.206. The topological polar surface area (TPSA) is 61.4 Å². The number of aromatic nitrogens is 2. The lowest BCUT2D eigenvalue weighted by atomic mass is 10.1. The van der Waals surface area contributed by atoms with Crippen LogP contribution < -0.4 is 10.2 Å². The van der Waals surface area contributed by atoms with Gasteiger partial charge >= 0.3 is 6.03 Å². The molecule has 2 amide bonds. The highest BCUT2D eigenvalue weighted by Gasteiger charge is 2.23. The Balaban J connectivity index is 1.36. The minimum Gasteiger partial charge on any atom is -0.352 e. The number of rotatable bonds is 3. The van der Waals surface area contributed by atoms with Crippen molar-refractivity contribution in [3.63, 3.8) is 0 Å². The minimum absolute atomic E-state index is 0.206. The van der Waals surface area contributed by atoms with E-state index in [-0.39, 0.29) is 6.03 Å². The third kappa shape index (κ3) is 5.15. The first-order valence-electron chi connectivity index (χ1n) is 9.46. The number of nitrogens with zero attached hydrogens (tertiary/aromatic N) is 4. The number of hydrogen-bond donors (Lipinski definition) is 1. The molecule has 2 heterocycles. The van der Waals surface area contributed by atoms with Gasteiger partial charge in [-0.15, -0.1) is 10.2 Å². The number of carbonyl (C=O) groups is 1. The number of amides is 2. The Bertz CT molecular complexity index is 1100. The van der Waals surface area contributed by atoms with E-state index in [1.807, 2.05) is 18.2 Å². The molecule has 1 aliphatic rings. The molecule has 0 aliphatic carbocycles. The van der Waals surface area contributed by atoms with Gasteiger partial charge in [-0.05, 0) is 48.5 Å². The predicted molar refractivity (Wildman–Crippen MR) is 127 cm³/mol. The van der Waals surface area contributed by atoms with Crippen molar-refractivity contribution in [2.45, 2.75) is 0 Å². The van der Waals surface area contributed by atoms with E-state index in [9.17, 15) is 4.79 Å². The molecule has 4 rings (SSSR count). The molecule has 10 heteroatoms. The quantitative estimate of drug-likeness (QED) is 0.475. The van der Waals surface area contributed by atoms with E-state index in [2.05, 4.69) is 20.4 Å². The second kappa shape index (κ2) is 9.49. The number of nitrogens with one attached hydrogen (secondary N) is 1. The first-order chi connectivity index (χ1) is 14.9. The van der Waals surface area contributed by atoms with Gasteiger partial charge in [0.2, 0.25) is 0 Å². The van der Waals surface area contributed by atoms with Gasteiger partial charge in [0.1, 0.15) is 0 Å². The van der Waals surface area contributed by atoms with Crippen LogP contribution in [0.1, 0.15) is 0 Å². The summed E-state index contributed by atoms with van der Waals surface area (Å²) in [5, 5.41) is 13.5. The lowest BCUT2D eigenvalue weighted by Gasteiger charge is -2.35. The molecule has 2 aromatic carbocycles. The zero-order valence-corrected chi connectivity index (χ0v) is 19.2. The number of carbonyl (C=O) groups excluding carboxylic acids is 1. The van der Waals surface area contributed by atoms with Crippen LogP contribution in [0.4, 0.5) is 16.3 Å². The summed E-state index contributed by atoms with van der Waals surface area (Å²) in [7, 11) is 0. The Morgan fingerprint density at radius 1 is 0.806 bits per heavy atom. The summed E-state index contributed by atoms with van der Waals surface area (Å²) in [6.07, 6.45) is 0. The average Bonchev–Trinajstić information content (AvgIpc) is 2.76. The average molecular weight is 497 g/mol. The fourth-order valence-corrected chi connectivity index (χ4v) is 4.22. The number of anilines is 2. The zero-order chi connectivity index (χ0) is 22.0. The van der Waals surface area contributed by atoms with Gasteiger partial charge in [0.25, 0.3) is 0 Å². The lowest BCUT2D eigenvalue weighted by Crippen LogP contribution is -2.50. The van der Waals surface area contributed by atoms with Crippen LogP contribution in [0.2, 0.25) is 20.1 Å². The molecule has 0 spiro atoms. The monoisotopic (exact) mass is 495 g/mol. The second-order valence-electron chi connectivity index (χ2n) is 6.93. The second-order valence-corrected chi connectivity index (χ2v) is 8.62. The summed E-state index contributed by atoms with van der Waals surface area (Å²) >= 11 is 24.2. The first kappa shape index (κ1) is 22.0. The van der Waals surface area contributed by atoms with Crippen LogP contribution in [-0.4, -0.2) is 47.3 Å². The fraction of sp³-hybridized carbons (Fsp3) is 0.190. The van der Waals surface area contributed by atoms with Gasteiger partial charge in [-0.1, -0.05) is 46.4 Å². The maximum atomic E-state index is 12.6. The van der Waals surface area contributed by atoms with Gasteiger partial charge in [-0.25, -0.2) is 4.79 Å². The summed E-state index contributed by atoms with van der Waals surface area (Å²) in [5.41, 5.74) is 1.97. The molecule has 1 aromatic heterocycles. The van der Waals surface area contributed by atoms with Crippen molar-refractivity contribution in [3.8, 4) is 11.3 Å². The molecule has 0 radical (unpaired) electrons. The molecule has 6 nitrogen and oxygen atoms in total. The molecule has 31 heavy (non-hydrogen) atoms. The van der Waals surface area contributed by atoms with Crippen molar-refractivity contribution < 1.29 is 4.79 Å². The molecule has 1 saturated heterocycles. The van der Waals surface area contributed by atoms with Crippen LogP contribution in [0.3, 0.4) is 0 Å². The largest absolute Gasteiger partial charge is 0.352 e.